The molecule has 21 heavy (non-hydrogen) atoms. The highest BCUT2D eigenvalue weighted by atomic mass is 35.5. The van der Waals surface area contributed by atoms with E-state index in [2.05, 4.69) is 10.2 Å². The molecule has 0 aromatic heterocycles. The first-order valence-corrected chi connectivity index (χ1v) is 9.71. The predicted octanol–water partition coefficient (Wildman–Crippen LogP) is 2.22. The minimum absolute atomic E-state index is 0.241. The number of hydrogen-bond donors (Lipinski definition) is 1. The molecule has 1 aromatic carbocycles. The molecule has 1 aliphatic heterocycles. The maximum atomic E-state index is 11.7. The average Bonchev–Trinajstić information content (AvgIpc) is 3.25. The van der Waals surface area contributed by atoms with Crippen molar-refractivity contribution in [1.82, 2.24) is 5.32 Å². The van der Waals surface area contributed by atoms with Crippen LogP contribution in [0, 0.1) is 0 Å². The van der Waals surface area contributed by atoms with Crippen LogP contribution < -0.4 is 10.2 Å². The molecule has 0 unspecified atom stereocenters. The van der Waals surface area contributed by atoms with Gasteiger partial charge in [-0.25, -0.2) is 8.42 Å². The fraction of sp³-hybridized carbons (Fsp3) is 0.600. The molecule has 0 radical (unpaired) electrons. The quantitative estimate of drug-likeness (QED) is 0.920. The van der Waals surface area contributed by atoms with Crippen molar-refractivity contribution in [2.24, 2.45) is 0 Å². The molecule has 2 aliphatic rings. The zero-order valence-electron chi connectivity index (χ0n) is 12.0. The smallest absolute Gasteiger partial charge is 0.152 e. The predicted molar refractivity (Wildman–Crippen MR) is 86.8 cm³/mol. The Balaban J connectivity index is 1.79. The molecule has 6 heteroatoms. The summed E-state index contributed by atoms with van der Waals surface area (Å²) in [5.41, 5.74) is 2.28. The summed E-state index contributed by atoms with van der Waals surface area (Å²) in [5, 5.41) is 4.24. The van der Waals surface area contributed by atoms with Crippen LogP contribution in [0.4, 0.5) is 5.69 Å². The van der Waals surface area contributed by atoms with Crippen LogP contribution >= 0.6 is 11.6 Å². The molecule has 1 saturated carbocycles. The van der Waals surface area contributed by atoms with Crippen molar-refractivity contribution in [3.8, 4) is 0 Å². The van der Waals surface area contributed by atoms with E-state index in [-0.39, 0.29) is 5.75 Å². The van der Waals surface area contributed by atoms with Gasteiger partial charge in [0.1, 0.15) is 0 Å². The Kier molecular flexibility index (Phi) is 4.43. The van der Waals surface area contributed by atoms with E-state index in [9.17, 15) is 8.42 Å². The van der Waals surface area contributed by atoms with Crippen molar-refractivity contribution in [2.75, 3.05) is 29.5 Å². The highest BCUT2D eigenvalue weighted by Gasteiger charge is 2.23. The second kappa shape index (κ2) is 6.15. The number of halogens is 1. The van der Waals surface area contributed by atoms with Crippen molar-refractivity contribution in [3.05, 3.63) is 28.8 Å². The van der Waals surface area contributed by atoms with E-state index in [0.29, 0.717) is 24.8 Å². The van der Waals surface area contributed by atoms with Gasteiger partial charge in [0.2, 0.25) is 0 Å². The van der Waals surface area contributed by atoms with E-state index in [0.717, 1.165) is 29.4 Å². The number of benzene rings is 1. The highest BCUT2D eigenvalue weighted by Crippen LogP contribution is 2.27. The molecule has 1 heterocycles. The third-order valence-corrected chi connectivity index (χ3v) is 6.05. The number of rotatable bonds is 4. The summed E-state index contributed by atoms with van der Waals surface area (Å²) in [6, 6.07) is 6.54. The Morgan fingerprint density at radius 3 is 2.81 bits per heavy atom. The molecule has 4 nitrogen and oxygen atoms in total. The van der Waals surface area contributed by atoms with Crippen molar-refractivity contribution >= 4 is 27.1 Å². The third kappa shape index (κ3) is 4.11. The van der Waals surface area contributed by atoms with Crippen LogP contribution in [0.25, 0.3) is 0 Å². The lowest BCUT2D eigenvalue weighted by Crippen LogP contribution is -2.28. The summed E-state index contributed by atoms with van der Waals surface area (Å²) < 4.78 is 23.5. The minimum Gasteiger partial charge on any atom is -0.370 e. The van der Waals surface area contributed by atoms with E-state index in [1.165, 1.54) is 12.8 Å². The first kappa shape index (κ1) is 15.1. The summed E-state index contributed by atoms with van der Waals surface area (Å²) in [5.74, 6) is 0.540. The number of anilines is 1. The molecule has 1 saturated heterocycles. The van der Waals surface area contributed by atoms with Gasteiger partial charge in [-0.05, 0) is 43.0 Å². The molecule has 0 atom stereocenters. The summed E-state index contributed by atoms with van der Waals surface area (Å²) in [6.45, 7) is 2.15. The summed E-state index contributed by atoms with van der Waals surface area (Å²) in [6.07, 6.45) is 3.19. The zero-order valence-corrected chi connectivity index (χ0v) is 13.6. The largest absolute Gasteiger partial charge is 0.370 e. The molecule has 1 aromatic rings. The topological polar surface area (TPSA) is 49.4 Å². The zero-order chi connectivity index (χ0) is 14.9. The van der Waals surface area contributed by atoms with Crippen molar-refractivity contribution in [3.63, 3.8) is 0 Å². The van der Waals surface area contributed by atoms with Crippen LogP contribution in [-0.2, 0) is 16.4 Å². The standard InChI is InChI=1S/C15H21ClN2O2S/c16-13-2-5-15(12(10-13)11-17-14-3-4-14)18-6-1-8-21(19,20)9-7-18/h2,5,10,14,17H,1,3-4,6-9,11H2. The number of nitrogens with one attached hydrogen (secondary N) is 1. The lowest BCUT2D eigenvalue weighted by molar-refractivity contribution is 0.597. The van der Waals surface area contributed by atoms with Crippen molar-refractivity contribution in [2.45, 2.75) is 31.8 Å². The normalized spacial score (nSPS) is 22.0. The van der Waals surface area contributed by atoms with Gasteiger partial charge in [-0.1, -0.05) is 11.6 Å². The Labute approximate surface area is 131 Å². The fourth-order valence-corrected chi connectivity index (χ4v) is 4.19. The van der Waals surface area contributed by atoms with E-state index in [1.807, 2.05) is 18.2 Å². The molecular weight excluding hydrogens is 308 g/mol. The monoisotopic (exact) mass is 328 g/mol. The summed E-state index contributed by atoms with van der Waals surface area (Å²) in [7, 11) is -2.88. The lowest BCUT2D eigenvalue weighted by Gasteiger charge is -2.25. The Bertz CT molecular complexity index is 614. The summed E-state index contributed by atoms with van der Waals surface area (Å²) in [4.78, 5) is 2.19. The molecule has 0 spiro atoms. The third-order valence-electron chi connectivity index (χ3n) is 4.10. The van der Waals surface area contributed by atoms with Gasteiger partial charge in [0.25, 0.3) is 0 Å². The van der Waals surface area contributed by atoms with Crippen LogP contribution in [-0.4, -0.2) is 39.1 Å². The molecule has 0 amide bonds. The van der Waals surface area contributed by atoms with E-state index in [1.54, 1.807) is 0 Å². The number of nitrogens with zero attached hydrogens (tertiary/aromatic N) is 1. The van der Waals surface area contributed by atoms with Crippen molar-refractivity contribution < 1.29 is 8.42 Å². The Morgan fingerprint density at radius 2 is 2.05 bits per heavy atom. The second-order valence-corrected chi connectivity index (χ2v) is 8.66. The highest BCUT2D eigenvalue weighted by molar-refractivity contribution is 7.91. The average molecular weight is 329 g/mol. The molecule has 0 bridgehead atoms. The van der Waals surface area contributed by atoms with Gasteiger partial charge in [-0.3, -0.25) is 0 Å². The molecule has 3 rings (SSSR count). The van der Waals surface area contributed by atoms with Gasteiger partial charge in [-0.2, -0.15) is 0 Å². The van der Waals surface area contributed by atoms with Crippen LogP contribution in [0.5, 0.6) is 0 Å². The van der Waals surface area contributed by atoms with Crippen LogP contribution in [0.1, 0.15) is 24.8 Å². The maximum absolute atomic E-state index is 11.7. The van der Waals surface area contributed by atoms with Crippen molar-refractivity contribution in [1.29, 1.82) is 0 Å². The lowest BCUT2D eigenvalue weighted by atomic mass is 10.1. The van der Waals surface area contributed by atoms with E-state index < -0.39 is 9.84 Å². The van der Waals surface area contributed by atoms with Gasteiger partial charge >= 0.3 is 0 Å². The van der Waals surface area contributed by atoms with Gasteiger partial charge in [-0.15, -0.1) is 0 Å². The molecule has 116 valence electrons. The van der Waals surface area contributed by atoms with Gasteiger partial charge in [0, 0.05) is 36.4 Å². The van der Waals surface area contributed by atoms with Crippen LogP contribution in [0.15, 0.2) is 18.2 Å². The van der Waals surface area contributed by atoms with Gasteiger partial charge in [0.05, 0.1) is 11.5 Å². The van der Waals surface area contributed by atoms with Crippen LogP contribution in [0.3, 0.4) is 0 Å². The van der Waals surface area contributed by atoms with Gasteiger partial charge in [0.15, 0.2) is 9.84 Å². The number of hydrogen-bond acceptors (Lipinski definition) is 4. The van der Waals surface area contributed by atoms with E-state index in [4.69, 9.17) is 11.6 Å². The van der Waals surface area contributed by atoms with E-state index >= 15 is 0 Å². The SMILES string of the molecule is O=S1(=O)CCCN(c2ccc(Cl)cc2CNC2CC2)CC1. The number of sulfone groups is 1. The fourth-order valence-electron chi connectivity index (χ4n) is 2.73. The second-order valence-electron chi connectivity index (χ2n) is 5.92. The minimum atomic E-state index is -2.88. The maximum Gasteiger partial charge on any atom is 0.152 e. The Hall–Kier alpha value is -0.780. The first-order valence-electron chi connectivity index (χ1n) is 7.51. The first-order chi connectivity index (χ1) is 10.0. The molecule has 2 fully saturated rings. The molecular formula is C15H21ClN2O2S. The molecule has 1 aliphatic carbocycles. The Morgan fingerprint density at radius 1 is 1.24 bits per heavy atom. The van der Waals surface area contributed by atoms with Gasteiger partial charge < -0.3 is 10.2 Å². The van der Waals surface area contributed by atoms with Crippen LogP contribution in [0.2, 0.25) is 5.02 Å². The molecule has 1 N–H and O–H groups in total. The summed E-state index contributed by atoms with van der Waals surface area (Å²) >= 11 is 6.12.